The van der Waals surface area contributed by atoms with Gasteiger partial charge in [-0.3, -0.25) is 14.5 Å². The van der Waals surface area contributed by atoms with Gasteiger partial charge in [-0.25, -0.2) is 13.8 Å². The van der Waals surface area contributed by atoms with Gasteiger partial charge in [0.25, 0.3) is 0 Å². The number of likely N-dealkylation sites (N-methyl/N-ethyl adjacent to an activating group) is 1. The maximum Gasteiger partial charge on any atom is 0.237 e. The Morgan fingerprint density at radius 1 is 0.972 bits per heavy atom. The minimum atomic E-state index is -1.06. The number of nitrogen functional groups attached to an aromatic ring is 1. The molecule has 0 saturated heterocycles. The largest absolute Gasteiger partial charge is 0.384 e. The van der Waals surface area contributed by atoms with E-state index in [1.165, 1.54) is 6.07 Å². The quantitative estimate of drug-likeness (QED) is 0.380. The normalized spacial score (nSPS) is 12.7. The monoisotopic (exact) mass is 495 g/mol. The second kappa shape index (κ2) is 12.7. The van der Waals surface area contributed by atoms with Crippen LogP contribution >= 0.6 is 0 Å². The van der Waals surface area contributed by atoms with Crippen LogP contribution in [0.25, 0.3) is 0 Å². The minimum absolute atomic E-state index is 0.0848. The van der Waals surface area contributed by atoms with Gasteiger partial charge in [0.15, 0.2) is 11.6 Å². The molecule has 1 aromatic heterocycles. The van der Waals surface area contributed by atoms with Crippen molar-refractivity contribution in [3.05, 3.63) is 95.2 Å². The molecule has 9 heteroatoms. The fraction of sp³-hybridized carbons (Fsp3) is 0.296. The van der Waals surface area contributed by atoms with Crippen LogP contribution in [-0.4, -0.2) is 47.9 Å². The van der Waals surface area contributed by atoms with E-state index in [1.807, 2.05) is 49.2 Å². The van der Waals surface area contributed by atoms with Gasteiger partial charge < -0.3 is 16.4 Å². The standard InChI is InChI=1S/C27H31F2N5O2/c1-3-34(2)24(13-18-7-5-4-6-8-18)27(36)33-17-21(20-10-11-22(28)23(29)14-20)26(35)32-16-19-9-12-25(30)31-15-19/h4-12,14-15,21,24H,3,13,16-17H2,1-2H3,(H2,30,31)(H,32,35)(H,33,36)/t21-,24-/m0/s1. The molecule has 1 heterocycles. The number of halogens is 2. The lowest BCUT2D eigenvalue weighted by atomic mass is 9.97. The Kier molecular flexibility index (Phi) is 9.46. The van der Waals surface area contributed by atoms with Crippen LogP contribution in [0, 0.1) is 11.6 Å². The Hall–Kier alpha value is -3.85. The van der Waals surface area contributed by atoms with Gasteiger partial charge >= 0.3 is 0 Å². The van der Waals surface area contributed by atoms with Gasteiger partial charge in [-0.15, -0.1) is 0 Å². The molecule has 2 atom stereocenters. The number of nitrogens with zero attached hydrogens (tertiary/aromatic N) is 2. The number of nitrogens with two attached hydrogens (primary N) is 1. The molecule has 190 valence electrons. The van der Waals surface area contributed by atoms with Gasteiger partial charge in [-0.05, 0) is 54.9 Å². The molecule has 0 fully saturated rings. The van der Waals surface area contributed by atoms with E-state index in [4.69, 9.17) is 5.73 Å². The lowest BCUT2D eigenvalue weighted by Gasteiger charge is -2.27. The van der Waals surface area contributed by atoms with E-state index >= 15 is 0 Å². The summed E-state index contributed by atoms with van der Waals surface area (Å²) in [5.41, 5.74) is 7.58. The molecule has 4 N–H and O–H groups in total. The summed E-state index contributed by atoms with van der Waals surface area (Å²) in [5, 5.41) is 5.63. The first-order valence-electron chi connectivity index (χ1n) is 11.7. The van der Waals surface area contributed by atoms with E-state index in [-0.39, 0.29) is 24.6 Å². The number of aromatic nitrogens is 1. The number of benzene rings is 2. The fourth-order valence-corrected chi connectivity index (χ4v) is 3.77. The Labute approximate surface area is 209 Å². The van der Waals surface area contributed by atoms with Crippen molar-refractivity contribution in [1.29, 1.82) is 0 Å². The van der Waals surface area contributed by atoms with E-state index in [2.05, 4.69) is 15.6 Å². The first-order valence-corrected chi connectivity index (χ1v) is 11.7. The van der Waals surface area contributed by atoms with Crippen LogP contribution in [0.3, 0.4) is 0 Å². The Morgan fingerprint density at radius 3 is 2.36 bits per heavy atom. The molecule has 7 nitrogen and oxygen atoms in total. The number of nitrogens with one attached hydrogen (secondary N) is 2. The Morgan fingerprint density at radius 2 is 1.72 bits per heavy atom. The van der Waals surface area contributed by atoms with E-state index in [9.17, 15) is 18.4 Å². The first-order chi connectivity index (χ1) is 17.3. The number of carbonyl (C=O) groups excluding carboxylic acids is 2. The van der Waals surface area contributed by atoms with Crippen molar-refractivity contribution in [2.24, 2.45) is 0 Å². The van der Waals surface area contributed by atoms with Gasteiger partial charge in [-0.2, -0.15) is 0 Å². The summed E-state index contributed by atoms with van der Waals surface area (Å²) in [4.78, 5) is 32.2. The average molecular weight is 496 g/mol. The molecule has 0 unspecified atom stereocenters. The summed E-state index contributed by atoms with van der Waals surface area (Å²) in [6.07, 6.45) is 2.03. The first kappa shape index (κ1) is 26.7. The summed E-state index contributed by atoms with van der Waals surface area (Å²) in [5.74, 6) is -3.35. The predicted molar refractivity (Wildman–Crippen MR) is 135 cm³/mol. The molecule has 0 bridgehead atoms. The lowest BCUT2D eigenvalue weighted by molar-refractivity contribution is -0.126. The van der Waals surface area contributed by atoms with Crippen LogP contribution in [0.4, 0.5) is 14.6 Å². The summed E-state index contributed by atoms with van der Waals surface area (Å²) >= 11 is 0. The van der Waals surface area contributed by atoms with E-state index in [1.54, 1.807) is 18.3 Å². The molecule has 2 amide bonds. The van der Waals surface area contributed by atoms with Gasteiger partial charge in [0.1, 0.15) is 5.82 Å². The van der Waals surface area contributed by atoms with Crippen LogP contribution in [0.1, 0.15) is 29.5 Å². The number of carbonyl (C=O) groups is 2. The average Bonchev–Trinajstić information content (AvgIpc) is 2.89. The van der Waals surface area contributed by atoms with Crippen LogP contribution in [0.2, 0.25) is 0 Å². The zero-order valence-electron chi connectivity index (χ0n) is 20.4. The van der Waals surface area contributed by atoms with Crippen molar-refractivity contribution < 1.29 is 18.4 Å². The van der Waals surface area contributed by atoms with E-state index in [0.717, 1.165) is 23.3 Å². The van der Waals surface area contributed by atoms with E-state index in [0.29, 0.717) is 18.8 Å². The van der Waals surface area contributed by atoms with Gasteiger partial charge in [-0.1, -0.05) is 49.4 Å². The molecule has 3 rings (SSSR count). The van der Waals surface area contributed by atoms with Crippen molar-refractivity contribution in [3.63, 3.8) is 0 Å². The van der Waals surface area contributed by atoms with Crippen molar-refractivity contribution in [3.8, 4) is 0 Å². The van der Waals surface area contributed by atoms with Crippen molar-refractivity contribution in [2.75, 3.05) is 25.9 Å². The molecule has 3 aromatic rings. The second-order valence-electron chi connectivity index (χ2n) is 8.56. The topological polar surface area (TPSA) is 100 Å². The second-order valence-corrected chi connectivity index (χ2v) is 8.56. The smallest absolute Gasteiger partial charge is 0.237 e. The maximum absolute atomic E-state index is 14.0. The van der Waals surface area contributed by atoms with Crippen molar-refractivity contribution in [2.45, 2.75) is 31.8 Å². The zero-order chi connectivity index (χ0) is 26.1. The third-order valence-electron chi connectivity index (χ3n) is 6.06. The lowest BCUT2D eigenvalue weighted by Crippen LogP contribution is -2.48. The fourth-order valence-electron chi connectivity index (χ4n) is 3.77. The molecular formula is C27H31F2N5O2. The van der Waals surface area contributed by atoms with E-state index < -0.39 is 29.5 Å². The van der Waals surface area contributed by atoms with Crippen LogP contribution in [0.15, 0.2) is 66.9 Å². The number of amides is 2. The Balaban J connectivity index is 1.75. The third kappa shape index (κ3) is 7.32. The molecule has 0 aliphatic heterocycles. The highest BCUT2D eigenvalue weighted by molar-refractivity contribution is 5.86. The Bertz CT molecular complexity index is 1160. The van der Waals surface area contributed by atoms with Crippen LogP contribution in [0.5, 0.6) is 0 Å². The number of pyridine rings is 1. The van der Waals surface area contributed by atoms with Gasteiger partial charge in [0, 0.05) is 19.3 Å². The maximum atomic E-state index is 14.0. The molecule has 0 radical (unpaired) electrons. The predicted octanol–water partition coefficient (Wildman–Crippen LogP) is 3.02. The van der Waals surface area contributed by atoms with Gasteiger partial charge in [0.2, 0.25) is 11.8 Å². The van der Waals surface area contributed by atoms with Crippen LogP contribution in [-0.2, 0) is 22.6 Å². The molecule has 0 saturated carbocycles. The number of anilines is 1. The summed E-state index contributed by atoms with van der Waals surface area (Å²) < 4.78 is 27.5. The van der Waals surface area contributed by atoms with Crippen LogP contribution < -0.4 is 16.4 Å². The molecular weight excluding hydrogens is 464 g/mol. The molecule has 0 aliphatic carbocycles. The summed E-state index contributed by atoms with van der Waals surface area (Å²) in [6, 6.07) is 15.8. The van der Waals surface area contributed by atoms with Crippen molar-refractivity contribution >= 4 is 17.6 Å². The highest BCUT2D eigenvalue weighted by Crippen LogP contribution is 2.19. The van der Waals surface area contributed by atoms with Crippen molar-refractivity contribution in [1.82, 2.24) is 20.5 Å². The number of hydrogen-bond donors (Lipinski definition) is 3. The van der Waals surface area contributed by atoms with Gasteiger partial charge in [0.05, 0.1) is 12.0 Å². The minimum Gasteiger partial charge on any atom is -0.384 e. The molecule has 36 heavy (non-hydrogen) atoms. The highest BCUT2D eigenvalue weighted by Gasteiger charge is 2.27. The summed E-state index contributed by atoms with van der Waals surface area (Å²) in [7, 11) is 1.85. The highest BCUT2D eigenvalue weighted by atomic mass is 19.2. The molecule has 2 aromatic carbocycles. The number of hydrogen-bond acceptors (Lipinski definition) is 5. The molecule has 0 aliphatic rings. The zero-order valence-corrected chi connectivity index (χ0v) is 20.4. The number of rotatable bonds is 11. The SMILES string of the molecule is CCN(C)[C@@H](Cc1ccccc1)C(=O)NC[C@H](C(=O)NCc1ccc(N)nc1)c1ccc(F)c(F)c1. The molecule has 0 spiro atoms. The third-order valence-corrected chi connectivity index (χ3v) is 6.06. The summed E-state index contributed by atoms with van der Waals surface area (Å²) in [6.45, 7) is 2.68.